The van der Waals surface area contributed by atoms with Crippen molar-refractivity contribution < 1.29 is 14.4 Å². The van der Waals surface area contributed by atoms with Gasteiger partial charge in [0.15, 0.2) is 0 Å². The van der Waals surface area contributed by atoms with Gasteiger partial charge in [0.25, 0.3) is 0 Å². The molecule has 0 unspecified atom stereocenters. The lowest BCUT2D eigenvalue weighted by molar-refractivity contribution is -0.313. The highest BCUT2D eigenvalue weighted by atomic mass is 31.2. The first-order valence-electron chi connectivity index (χ1n) is 1.57. The second-order valence-corrected chi connectivity index (χ2v) is 2.78. The van der Waals surface area contributed by atoms with Crippen LogP contribution in [0.5, 0.6) is 0 Å². The van der Waals surface area contributed by atoms with Crippen LogP contribution in [0.25, 0.3) is 0 Å². The summed E-state index contributed by atoms with van der Waals surface area (Å²) in [6.45, 7) is 1.32. The van der Waals surface area contributed by atoms with Gasteiger partial charge in [0.2, 0.25) is 0 Å². The van der Waals surface area contributed by atoms with Crippen LogP contribution in [0.2, 0.25) is 0 Å². The molecule has 4 heteroatoms. The third-order valence-electron chi connectivity index (χ3n) is 0.387. The molecular formula is C2H5O3P-2. The minimum Gasteiger partial charge on any atom is -0.811 e. The lowest BCUT2D eigenvalue weighted by Crippen LogP contribution is -2.14. The van der Waals surface area contributed by atoms with Crippen molar-refractivity contribution in [1.29, 1.82) is 0 Å². The van der Waals surface area contributed by atoms with Gasteiger partial charge in [0.1, 0.15) is 0 Å². The lowest BCUT2D eigenvalue weighted by atomic mass is 11.0. The SMILES string of the molecule is CCP(=O)([O-])[O-]. The Kier molecular flexibility index (Phi) is 1.78. The zero-order valence-corrected chi connectivity index (χ0v) is 4.27. The summed E-state index contributed by atoms with van der Waals surface area (Å²) in [5.74, 6) is 0. The van der Waals surface area contributed by atoms with E-state index < -0.39 is 7.60 Å². The number of rotatable bonds is 1. The van der Waals surface area contributed by atoms with Gasteiger partial charge in [-0.15, -0.1) is 0 Å². The van der Waals surface area contributed by atoms with Gasteiger partial charge in [0.05, 0.1) is 0 Å². The molecule has 0 saturated carbocycles. The standard InChI is InChI=1S/C2H7O3P/c1-2-6(3,4)5/h2H2,1H3,(H2,3,4,5)/p-2. The van der Waals surface area contributed by atoms with Crippen molar-refractivity contribution in [3.05, 3.63) is 0 Å². The van der Waals surface area contributed by atoms with Crippen molar-refractivity contribution in [3.63, 3.8) is 0 Å². The van der Waals surface area contributed by atoms with Crippen LogP contribution in [0.3, 0.4) is 0 Å². The van der Waals surface area contributed by atoms with Crippen LogP contribution < -0.4 is 9.79 Å². The molecule has 0 amide bonds. The maximum absolute atomic E-state index is 9.47. The molecule has 3 nitrogen and oxygen atoms in total. The topological polar surface area (TPSA) is 63.2 Å². The fourth-order valence-corrected chi connectivity index (χ4v) is 0. The highest BCUT2D eigenvalue weighted by molar-refractivity contribution is 7.48. The molecule has 0 fully saturated rings. The van der Waals surface area contributed by atoms with E-state index in [2.05, 4.69) is 0 Å². The summed E-state index contributed by atoms with van der Waals surface area (Å²) >= 11 is 0. The van der Waals surface area contributed by atoms with Crippen molar-refractivity contribution in [3.8, 4) is 0 Å². The van der Waals surface area contributed by atoms with E-state index in [1.807, 2.05) is 0 Å². The summed E-state index contributed by atoms with van der Waals surface area (Å²) in [5, 5.41) is 0. The average Bonchev–Trinajstić information content (AvgIpc) is 1.35. The van der Waals surface area contributed by atoms with Gasteiger partial charge < -0.3 is 14.4 Å². The third-order valence-corrected chi connectivity index (χ3v) is 1.16. The van der Waals surface area contributed by atoms with Crippen LogP contribution in [-0.2, 0) is 4.57 Å². The van der Waals surface area contributed by atoms with Gasteiger partial charge in [0, 0.05) is 0 Å². The van der Waals surface area contributed by atoms with Crippen molar-refractivity contribution in [2.75, 3.05) is 6.16 Å². The molecule has 0 atom stereocenters. The summed E-state index contributed by atoms with van der Waals surface area (Å²) in [6, 6.07) is 0. The first-order valence-corrected chi connectivity index (χ1v) is 3.30. The van der Waals surface area contributed by atoms with Crippen LogP contribution in [0.15, 0.2) is 0 Å². The van der Waals surface area contributed by atoms with E-state index in [0.29, 0.717) is 0 Å². The van der Waals surface area contributed by atoms with Crippen LogP contribution in [0, 0.1) is 0 Å². The Morgan fingerprint density at radius 1 is 1.67 bits per heavy atom. The lowest BCUT2D eigenvalue weighted by Gasteiger charge is -2.26. The summed E-state index contributed by atoms with van der Waals surface area (Å²) < 4.78 is 9.47. The predicted molar refractivity (Wildman–Crippen MR) is 18.1 cm³/mol. The second kappa shape index (κ2) is 1.73. The molecular weight excluding hydrogens is 103 g/mol. The van der Waals surface area contributed by atoms with E-state index in [0.717, 1.165) is 0 Å². The normalized spacial score (nSPS) is 11.8. The Balaban J connectivity index is 3.48. The molecule has 0 rings (SSSR count). The fourth-order valence-electron chi connectivity index (χ4n) is 0. The van der Waals surface area contributed by atoms with Crippen LogP contribution in [-0.4, -0.2) is 6.16 Å². The highest BCUT2D eigenvalue weighted by Crippen LogP contribution is 2.19. The summed E-state index contributed by atoms with van der Waals surface area (Å²) in [6.07, 6.45) is -0.285. The zero-order chi connectivity index (χ0) is 5.21. The van der Waals surface area contributed by atoms with Crippen LogP contribution in [0.4, 0.5) is 0 Å². The van der Waals surface area contributed by atoms with E-state index in [-0.39, 0.29) is 6.16 Å². The molecule has 0 aliphatic carbocycles. The molecule has 0 aliphatic heterocycles. The van der Waals surface area contributed by atoms with Gasteiger partial charge in [-0.25, -0.2) is 0 Å². The summed E-state index contributed by atoms with van der Waals surface area (Å²) in [5.41, 5.74) is 0. The van der Waals surface area contributed by atoms with Gasteiger partial charge in [-0.1, -0.05) is 14.5 Å². The van der Waals surface area contributed by atoms with E-state index >= 15 is 0 Å². The van der Waals surface area contributed by atoms with E-state index in [4.69, 9.17) is 0 Å². The van der Waals surface area contributed by atoms with Gasteiger partial charge >= 0.3 is 0 Å². The molecule has 0 spiro atoms. The van der Waals surface area contributed by atoms with Gasteiger partial charge in [-0.2, -0.15) is 0 Å². The smallest absolute Gasteiger partial charge is 0.0279 e. The quantitative estimate of drug-likeness (QED) is 0.401. The Morgan fingerprint density at radius 3 is 1.83 bits per heavy atom. The largest absolute Gasteiger partial charge is 0.811 e. The van der Waals surface area contributed by atoms with E-state index in [1.165, 1.54) is 6.92 Å². The van der Waals surface area contributed by atoms with Crippen molar-refractivity contribution in [2.24, 2.45) is 0 Å². The van der Waals surface area contributed by atoms with Crippen LogP contribution in [0.1, 0.15) is 6.92 Å². The molecule has 0 radical (unpaired) electrons. The van der Waals surface area contributed by atoms with E-state index in [9.17, 15) is 14.4 Å². The minimum atomic E-state index is -4.15. The minimum absolute atomic E-state index is 0.285. The fraction of sp³-hybridized carbons (Fsp3) is 1.00. The Morgan fingerprint density at radius 2 is 1.83 bits per heavy atom. The van der Waals surface area contributed by atoms with Crippen molar-refractivity contribution in [1.82, 2.24) is 0 Å². The monoisotopic (exact) mass is 108 g/mol. The third kappa shape index (κ3) is 4.15. The summed E-state index contributed by atoms with van der Waals surface area (Å²) in [4.78, 5) is 18.9. The van der Waals surface area contributed by atoms with Gasteiger partial charge in [-0.3, -0.25) is 0 Å². The van der Waals surface area contributed by atoms with Crippen molar-refractivity contribution >= 4 is 7.60 Å². The summed E-state index contributed by atoms with van der Waals surface area (Å²) in [7, 11) is -4.15. The molecule has 38 valence electrons. The highest BCUT2D eigenvalue weighted by Gasteiger charge is 1.76. The van der Waals surface area contributed by atoms with E-state index in [1.54, 1.807) is 0 Å². The molecule has 0 aromatic heterocycles. The second-order valence-electron chi connectivity index (χ2n) is 0.927. The molecule has 0 aromatic carbocycles. The van der Waals surface area contributed by atoms with Crippen molar-refractivity contribution in [2.45, 2.75) is 6.92 Å². The van der Waals surface area contributed by atoms with Gasteiger partial charge in [-0.05, 0) is 6.16 Å². The molecule has 6 heavy (non-hydrogen) atoms. The first kappa shape index (κ1) is 6.15. The molecule has 0 aliphatic rings. The molecule has 0 bridgehead atoms. The molecule has 0 heterocycles. The van der Waals surface area contributed by atoms with Crippen LogP contribution >= 0.6 is 7.60 Å². The average molecular weight is 108 g/mol. The molecule has 0 saturated heterocycles. The zero-order valence-electron chi connectivity index (χ0n) is 3.38. The Labute approximate surface area is 36.2 Å². The number of hydrogen-bond acceptors (Lipinski definition) is 3. The maximum atomic E-state index is 9.47. The maximum Gasteiger partial charge on any atom is -0.0279 e. The molecule has 0 N–H and O–H groups in total. The first-order chi connectivity index (χ1) is 2.56. The number of hydrogen-bond donors (Lipinski definition) is 0. The predicted octanol–water partition coefficient (Wildman–Crippen LogP) is -1.08. The Hall–Kier alpha value is 0.150. The molecule has 0 aromatic rings. The Bertz CT molecular complexity index is 72.9.